The average Bonchev–Trinajstić information content (AvgIpc) is 2.94. The van der Waals surface area contributed by atoms with Crippen LogP contribution in [0.5, 0.6) is 0 Å². The third kappa shape index (κ3) is 6.20. The molecule has 8 nitrogen and oxygen atoms in total. The monoisotopic (exact) mass is 553 g/mol. The van der Waals surface area contributed by atoms with Crippen molar-refractivity contribution in [3.63, 3.8) is 0 Å². The molecular formula is C29H30F3N5O3. The topological polar surface area (TPSA) is 85.0 Å². The lowest BCUT2D eigenvalue weighted by Crippen LogP contribution is -2.60. The van der Waals surface area contributed by atoms with Crippen LogP contribution in [-0.2, 0) is 20.6 Å². The van der Waals surface area contributed by atoms with E-state index in [1.54, 1.807) is 12.1 Å². The molecule has 3 amide bonds. The molecule has 11 heteroatoms. The van der Waals surface area contributed by atoms with Crippen LogP contribution in [0.2, 0.25) is 0 Å². The van der Waals surface area contributed by atoms with Crippen molar-refractivity contribution in [3.05, 3.63) is 72.3 Å². The van der Waals surface area contributed by atoms with Crippen molar-refractivity contribution in [3.8, 4) is 0 Å². The Morgan fingerprint density at radius 3 is 2.42 bits per heavy atom. The largest absolute Gasteiger partial charge is 0.416 e. The van der Waals surface area contributed by atoms with Gasteiger partial charge in [-0.05, 0) is 29.7 Å². The predicted octanol–water partition coefficient (Wildman–Crippen LogP) is 3.34. The number of hydrogen-bond acceptors (Lipinski definition) is 5. The number of amides is 3. The molecule has 210 valence electrons. The third-order valence-corrected chi connectivity index (χ3v) is 7.36. The van der Waals surface area contributed by atoms with Crippen molar-refractivity contribution >= 4 is 39.9 Å². The Bertz CT molecular complexity index is 1400. The van der Waals surface area contributed by atoms with Gasteiger partial charge in [0.1, 0.15) is 6.04 Å². The van der Waals surface area contributed by atoms with E-state index in [4.69, 9.17) is 0 Å². The molecule has 0 aliphatic carbocycles. The van der Waals surface area contributed by atoms with E-state index in [9.17, 15) is 27.6 Å². The average molecular weight is 554 g/mol. The molecule has 0 radical (unpaired) electrons. The number of carbonyl (C=O) groups excluding carboxylic acids is 3. The van der Waals surface area contributed by atoms with Gasteiger partial charge >= 0.3 is 6.18 Å². The number of nitrogens with one attached hydrogen (secondary N) is 2. The first-order valence-electron chi connectivity index (χ1n) is 13.2. The number of rotatable bonds is 6. The fraction of sp³-hybridized carbons (Fsp3) is 0.345. The van der Waals surface area contributed by atoms with Crippen LogP contribution in [-0.4, -0.2) is 79.4 Å². The molecule has 5 rings (SSSR count). The molecular weight excluding hydrogens is 523 g/mol. The third-order valence-electron chi connectivity index (χ3n) is 7.36. The predicted molar refractivity (Wildman–Crippen MR) is 146 cm³/mol. The number of piperazine rings is 2. The number of halogens is 3. The summed E-state index contributed by atoms with van der Waals surface area (Å²) in [7, 11) is 0. The molecule has 0 bridgehead atoms. The minimum absolute atomic E-state index is 0.0607. The lowest BCUT2D eigenvalue weighted by atomic mass is 10.1. The van der Waals surface area contributed by atoms with Gasteiger partial charge in [0.15, 0.2) is 0 Å². The van der Waals surface area contributed by atoms with Crippen molar-refractivity contribution in [1.82, 2.24) is 15.1 Å². The number of carbonyl (C=O) groups is 3. The molecule has 3 aromatic rings. The number of alkyl halides is 3. The van der Waals surface area contributed by atoms with Gasteiger partial charge in [-0.1, -0.05) is 42.5 Å². The summed E-state index contributed by atoms with van der Waals surface area (Å²) in [6.45, 7) is 2.54. The quantitative estimate of drug-likeness (QED) is 0.489. The maximum atomic E-state index is 13.3. The van der Waals surface area contributed by atoms with Gasteiger partial charge in [0.25, 0.3) is 0 Å². The van der Waals surface area contributed by atoms with E-state index in [1.807, 2.05) is 46.2 Å². The molecule has 2 N–H and O–H groups in total. The van der Waals surface area contributed by atoms with E-state index in [0.717, 1.165) is 22.9 Å². The van der Waals surface area contributed by atoms with Crippen molar-refractivity contribution in [1.29, 1.82) is 0 Å². The standard InChI is InChI=1S/C29H30F3N5O3/c30-29(31,32)21-7-4-8-22(17-21)36-15-13-35(14-16-36)19-27(39)37-12-11-33-28(40)25(37)18-26(38)34-24-10-3-6-20-5-1-2-9-23(20)24/h1-10,17,25H,11-16,18-19H2,(H,33,40)(H,34,38)/t25-/m1/s1. The fourth-order valence-electron chi connectivity index (χ4n) is 5.25. The minimum Gasteiger partial charge on any atom is -0.369 e. The summed E-state index contributed by atoms with van der Waals surface area (Å²) in [6, 6.07) is 17.5. The first-order chi connectivity index (χ1) is 19.2. The lowest BCUT2D eigenvalue weighted by Gasteiger charge is -2.39. The Balaban J connectivity index is 1.18. The molecule has 2 aliphatic heterocycles. The van der Waals surface area contributed by atoms with Gasteiger partial charge in [-0.15, -0.1) is 0 Å². The summed E-state index contributed by atoms with van der Waals surface area (Å²) in [5.74, 6) is -1.00. The van der Waals surface area contributed by atoms with Crippen LogP contribution in [0.4, 0.5) is 24.5 Å². The summed E-state index contributed by atoms with van der Waals surface area (Å²) in [5.41, 5.74) is 0.433. The van der Waals surface area contributed by atoms with E-state index in [1.165, 1.54) is 11.0 Å². The zero-order valence-electron chi connectivity index (χ0n) is 21.8. The van der Waals surface area contributed by atoms with Gasteiger partial charge in [0.05, 0.1) is 18.5 Å². The van der Waals surface area contributed by atoms with Crippen LogP contribution in [0.25, 0.3) is 10.8 Å². The van der Waals surface area contributed by atoms with Gasteiger partial charge < -0.3 is 20.4 Å². The van der Waals surface area contributed by atoms with Crippen LogP contribution >= 0.6 is 0 Å². The number of anilines is 2. The van der Waals surface area contributed by atoms with Crippen LogP contribution < -0.4 is 15.5 Å². The Morgan fingerprint density at radius 2 is 1.65 bits per heavy atom. The smallest absolute Gasteiger partial charge is 0.369 e. The van der Waals surface area contributed by atoms with E-state index >= 15 is 0 Å². The second-order valence-corrected chi connectivity index (χ2v) is 9.98. The molecule has 1 atom stereocenters. The fourth-order valence-corrected chi connectivity index (χ4v) is 5.25. The van der Waals surface area contributed by atoms with Crippen LogP contribution in [0, 0.1) is 0 Å². The molecule has 3 aromatic carbocycles. The van der Waals surface area contributed by atoms with Crippen molar-refractivity contribution in [2.75, 3.05) is 56.0 Å². The summed E-state index contributed by atoms with van der Waals surface area (Å²) in [5, 5.41) is 7.48. The Hall–Kier alpha value is -4.12. The van der Waals surface area contributed by atoms with Gasteiger partial charge in [-0.3, -0.25) is 19.3 Å². The first kappa shape index (κ1) is 27.4. The molecule has 2 saturated heterocycles. The van der Waals surface area contributed by atoms with Crippen molar-refractivity contribution in [2.24, 2.45) is 0 Å². The van der Waals surface area contributed by atoms with E-state index in [0.29, 0.717) is 50.6 Å². The number of benzene rings is 3. The summed E-state index contributed by atoms with van der Waals surface area (Å²) < 4.78 is 39.3. The number of hydrogen-bond donors (Lipinski definition) is 2. The normalized spacial score (nSPS) is 18.5. The van der Waals surface area contributed by atoms with Gasteiger partial charge in [-0.25, -0.2) is 0 Å². The van der Waals surface area contributed by atoms with E-state index in [-0.39, 0.29) is 30.7 Å². The highest BCUT2D eigenvalue weighted by molar-refractivity contribution is 6.04. The van der Waals surface area contributed by atoms with Crippen molar-refractivity contribution in [2.45, 2.75) is 18.6 Å². The molecule has 2 fully saturated rings. The zero-order chi connectivity index (χ0) is 28.3. The Morgan fingerprint density at radius 1 is 0.925 bits per heavy atom. The summed E-state index contributed by atoms with van der Waals surface area (Å²) in [4.78, 5) is 44.2. The molecule has 0 spiro atoms. The molecule has 0 aromatic heterocycles. The maximum absolute atomic E-state index is 13.3. The molecule has 2 aliphatic rings. The maximum Gasteiger partial charge on any atom is 0.416 e. The van der Waals surface area contributed by atoms with Gasteiger partial charge in [0.2, 0.25) is 17.7 Å². The highest BCUT2D eigenvalue weighted by Gasteiger charge is 2.36. The van der Waals surface area contributed by atoms with Crippen LogP contribution in [0.15, 0.2) is 66.7 Å². The summed E-state index contributed by atoms with van der Waals surface area (Å²) in [6.07, 6.45) is -4.59. The second kappa shape index (κ2) is 11.5. The Labute approximate surface area is 229 Å². The van der Waals surface area contributed by atoms with Gasteiger partial charge in [0, 0.05) is 56.0 Å². The SMILES string of the molecule is O=C(C[C@@H]1C(=O)NCCN1C(=O)CN1CCN(c2cccc(C(F)(F)F)c2)CC1)Nc1cccc2ccccc12. The number of fused-ring (bicyclic) bond motifs is 1. The van der Waals surface area contributed by atoms with E-state index < -0.39 is 17.8 Å². The molecule has 2 heterocycles. The second-order valence-electron chi connectivity index (χ2n) is 9.98. The highest BCUT2D eigenvalue weighted by atomic mass is 19.4. The molecule has 0 unspecified atom stereocenters. The first-order valence-corrected chi connectivity index (χ1v) is 13.2. The van der Waals surface area contributed by atoms with Crippen molar-refractivity contribution < 1.29 is 27.6 Å². The lowest BCUT2D eigenvalue weighted by molar-refractivity contribution is -0.145. The zero-order valence-corrected chi connectivity index (χ0v) is 21.8. The molecule has 0 saturated carbocycles. The highest BCUT2D eigenvalue weighted by Crippen LogP contribution is 2.32. The van der Waals surface area contributed by atoms with Crippen LogP contribution in [0.1, 0.15) is 12.0 Å². The van der Waals surface area contributed by atoms with E-state index in [2.05, 4.69) is 10.6 Å². The van der Waals surface area contributed by atoms with Gasteiger partial charge in [-0.2, -0.15) is 13.2 Å². The number of nitrogens with zero attached hydrogens (tertiary/aromatic N) is 3. The van der Waals surface area contributed by atoms with Crippen LogP contribution in [0.3, 0.4) is 0 Å². The molecule has 40 heavy (non-hydrogen) atoms. The Kier molecular flexibility index (Phi) is 7.92. The minimum atomic E-state index is -4.41. The summed E-state index contributed by atoms with van der Waals surface area (Å²) >= 11 is 0.